The number of nitrogens with zero attached hydrogens (tertiary/aromatic N) is 6. The molecule has 11 nitrogen and oxygen atoms in total. The highest BCUT2D eigenvalue weighted by molar-refractivity contribution is 7.87. The van der Waals surface area contributed by atoms with Gasteiger partial charge in [-0.05, 0) is 17.7 Å². The number of halogens is 1. The van der Waals surface area contributed by atoms with Crippen LogP contribution in [0, 0.1) is 5.82 Å². The van der Waals surface area contributed by atoms with E-state index in [1.165, 1.54) is 34.6 Å². The Morgan fingerprint density at radius 3 is 2.56 bits per heavy atom. The third kappa shape index (κ3) is 6.59. The maximum atomic E-state index is 13.9. The normalized spacial score (nSPS) is 11.9. The van der Waals surface area contributed by atoms with E-state index in [0.717, 1.165) is 5.56 Å². The summed E-state index contributed by atoms with van der Waals surface area (Å²) in [5, 5.41) is 6.40. The number of rotatable bonds is 13. The second kappa shape index (κ2) is 12.5. The Balaban J connectivity index is 1.20. The molecular weight excluding hydrogens is 547 g/mol. The lowest BCUT2D eigenvalue weighted by atomic mass is 10.1. The molecule has 0 atom stereocenters. The van der Waals surface area contributed by atoms with E-state index in [1.807, 2.05) is 30.3 Å². The molecule has 0 saturated carbocycles. The van der Waals surface area contributed by atoms with Crippen LogP contribution in [0.1, 0.15) is 28.7 Å². The van der Waals surface area contributed by atoms with Gasteiger partial charge in [0, 0.05) is 64.9 Å². The molecule has 0 amide bonds. The van der Waals surface area contributed by atoms with Crippen molar-refractivity contribution >= 4 is 27.1 Å². The molecule has 5 rings (SSSR count). The molecule has 1 aromatic carbocycles. The van der Waals surface area contributed by atoms with Gasteiger partial charge >= 0.3 is 10.2 Å². The fourth-order valence-corrected chi connectivity index (χ4v) is 5.47. The number of aromatic nitrogens is 5. The second-order valence-electron chi connectivity index (χ2n) is 9.53. The van der Waals surface area contributed by atoms with E-state index in [0.29, 0.717) is 66.7 Å². The smallest absolute Gasteiger partial charge is 0.308 e. The summed E-state index contributed by atoms with van der Waals surface area (Å²) in [4.78, 5) is 17.4. The van der Waals surface area contributed by atoms with E-state index in [9.17, 15) is 12.8 Å². The Bertz CT molecular complexity index is 1720. The molecule has 0 radical (unpaired) electrons. The van der Waals surface area contributed by atoms with Crippen LogP contribution in [0.15, 0.2) is 71.5 Å². The predicted octanol–water partition coefficient (Wildman–Crippen LogP) is 3.19. The van der Waals surface area contributed by atoms with Crippen molar-refractivity contribution in [3.05, 3.63) is 102 Å². The van der Waals surface area contributed by atoms with E-state index >= 15 is 0 Å². The van der Waals surface area contributed by atoms with Crippen LogP contribution in [0.25, 0.3) is 11.1 Å². The van der Waals surface area contributed by atoms with Crippen LogP contribution < -0.4 is 10.6 Å². The number of nitrogens with one attached hydrogen (secondary N) is 2. The Morgan fingerprint density at radius 1 is 0.976 bits per heavy atom. The Kier molecular flexibility index (Phi) is 8.67. The van der Waals surface area contributed by atoms with Gasteiger partial charge in [0.1, 0.15) is 11.6 Å². The molecule has 0 spiro atoms. The number of imidazole rings is 1. The second-order valence-corrected chi connectivity index (χ2v) is 11.5. The summed E-state index contributed by atoms with van der Waals surface area (Å²) in [5.41, 5.74) is 3.02. The average Bonchev–Trinajstić information content (AvgIpc) is 3.57. The van der Waals surface area contributed by atoms with Crippen molar-refractivity contribution in [2.45, 2.75) is 25.8 Å². The molecule has 5 aromatic rings. The van der Waals surface area contributed by atoms with Gasteiger partial charge in [0.05, 0.1) is 24.1 Å². The first-order valence-corrected chi connectivity index (χ1v) is 14.5. The van der Waals surface area contributed by atoms with Gasteiger partial charge in [-0.3, -0.25) is 4.98 Å². The van der Waals surface area contributed by atoms with Gasteiger partial charge in [-0.1, -0.05) is 30.3 Å². The zero-order valence-corrected chi connectivity index (χ0v) is 23.6. The third-order valence-electron chi connectivity index (χ3n) is 6.43. The standard InChI is InChI=1S/C28H31FN8O3S/c1-36(2)41(38,39)37-21(17-20-7-4-3-5-8-20)18-33-25(37)11-14-30-15-12-26-35-27-24(40-26)10-16-32-28(27)34-19-23-22(29)9-6-13-31-23/h3-10,13,16,18,30H,11-12,14-15,17,19H2,1-2H3,(H,32,34). The minimum atomic E-state index is -3.75. The number of oxazole rings is 1. The Labute approximate surface area is 237 Å². The maximum Gasteiger partial charge on any atom is 0.308 e. The van der Waals surface area contributed by atoms with Crippen LogP contribution in [0.3, 0.4) is 0 Å². The molecule has 41 heavy (non-hydrogen) atoms. The summed E-state index contributed by atoms with van der Waals surface area (Å²) in [7, 11) is -0.724. The first-order chi connectivity index (χ1) is 19.8. The Hall–Kier alpha value is -4.20. The van der Waals surface area contributed by atoms with Crippen LogP contribution in [0.2, 0.25) is 0 Å². The summed E-state index contributed by atoms with van der Waals surface area (Å²) in [6.07, 6.45) is 6.14. The van der Waals surface area contributed by atoms with Gasteiger partial charge in [-0.15, -0.1) is 0 Å². The van der Waals surface area contributed by atoms with Gasteiger partial charge in [0.15, 0.2) is 22.8 Å². The molecule has 0 aliphatic heterocycles. The average molecular weight is 579 g/mol. The van der Waals surface area contributed by atoms with Crippen molar-refractivity contribution in [1.82, 2.24) is 33.5 Å². The number of anilines is 1. The lowest BCUT2D eigenvalue weighted by Gasteiger charge is -2.17. The minimum Gasteiger partial charge on any atom is -0.440 e. The highest BCUT2D eigenvalue weighted by Crippen LogP contribution is 2.22. The van der Waals surface area contributed by atoms with Crippen molar-refractivity contribution in [1.29, 1.82) is 0 Å². The van der Waals surface area contributed by atoms with Crippen LogP contribution in [-0.2, 0) is 36.0 Å². The van der Waals surface area contributed by atoms with Gasteiger partial charge in [-0.25, -0.2) is 23.3 Å². The van der Waals surface area contributed by atoms with Gasteiger partial charge in [0.2, 0.25) is 0 Å². The predicted molar refractivity (Wildman–Crippen MR) is 153 cm³/mol. The molecule has 4 aromatic heterocycles. The van der Waals surface area contributed by atoms with Gasteiger partial charge in [0.25, 0.3) is 0 Å². The molecule has 214 valence electrons. The highest BCUT2D eigenvalue weighted by atomic mass is 32.2. The molecule has 2 N–H and O–H groups in total. The SMILES string of the molecule is CN(C)S(=O)(=O)n1c(Cc2ccccc2)cnc1CCNCCc1nc2c(NCc3ncccc3F)nccc2o1. The zero-order chi connectivity index (χ0) is 28.8. The van der Waals surface area contributed by atoms with E-state index in [2.05, 4.69) is 30.6 Å². The summed E-state index contributed by atoms with van der Waals surface area (Å²) in [5.74, 6) is 1.07. The van der Waals surface area contributed by atoms with Crippen LogP contribution in [-0.4, -0.2) is 63.8 Å². The van der Waals surface area contributed by atoms with Crippen molar-refractivity contribution in [3.8, 4) is 0 Å². The molecule has 0 aliphatic rings. The largest absolute Gasteiger partial charge is 0.440 e. The lowest BCUT2D eigenvalue weighted by Crippen LogP contribution is -2.32. The van der Waals surface area contributed by atoms with Crippen molar-refractivity contribution in [2.24, 2.45) is 0 Å². The summed E-state index contributed by atoms with van der Waals surface area (Å²) in [6, 6.07) is 14.3. The van der Waals surface area contributed by atoms with Crippen molar-refractivity contribution < 1.29 is 17.2 Å². The number of pyridine rings is 2. The number of hydrogen-bond donors (Lipinski definition) is 2. The zero-order valence-electron chi connectivity index (χ0n) is 22.8. The lowest BCUT2D eigenvalue weighted by molar-refractivity contribution is 0.504. The topological polar surface area (TPSA) is 131 Å². The molecule has 0 bridgehead atoms. The van der Waals surface area contributed by atoms with E-state index in [4.69, 9.17) is 4.42 Å². The maximum absolute atomic E-state index is 13.9. The summed E-state index contributed by atoms with van der Waals surface area (Å²) in [6.45, 7) is 1.23. The van der Waals surface area contributed by atoms with E-state index in [1.54, 1.807) is 24.5 Å². The highest BCUT2D eigenvalue weighted by Gasteiger charge is 2.24. The van der Waals surface area contributed by atoms with E-state index in [-0.39, 0.29) is 12.2 Å². The van der Waals surface area contributed by atoms with Crippen molar-refractivity contribution in [3.63, 3.8) is 0 Å². The van der Waals surface area contributed by atoms with Gasteiger partial charge in [-0.2, -0.15) is 12.7 Å². The number of benzene rings is 1. The Morgan fingerprint density at radius 2 is 1.78 bits per heavy atom. The summed E-state index contributed by atoms with van der Waals surface area (Å²) >= 11 is 0. The first-order valence-electron chi connectivity index (χ1n) is 13.1. The fraction of sp³-hybridized carbons (Fsp3) is 0.286. The van der Waals surface area contributed by atoms with Crippen LogP contribution in [0.4, 0.5) is 10.2 Å². The molecule has 0 aliphatic carbocycles. The number of fused-ring (bicyclic) bond motifs is 1. The molecule has 0 fully saturated rings. The molecule has 13 heteroatoms. The van der Waals surface area contributed by atoms with Crippen molar-refractivity contribution in [2.75, 3.05) is 32.5 Å². The third-order valence-corrected chi connectivity index (χ3v) is 8.26. The summed E-state index contributed by atoms with van der Waals surface area (Å²) < 4.78 is 48.6. The molecular formula is C28H31FN8O3S. The molecule has 4 heterocycles. The van der Waals surface area contributed by atoms with Gasteiger partial charge < -0.3 is 15.1 Å². The van der Waals surface area contributed by atoms with Crippen LogP contribution in [0.5, 0.6) is 0 Å². The van der Waals surface area contributed by atoms with Crippen LogP contribution >= 0.6 is 0 Å². The number of hydrogen-bond acceptors (Lipinski definition) is 9. The minimum absolute atomic E-state index is 0.162. The first kappa shape index (κ1) is 28.3. The van der Waals surface area contributed by atoms with E-state index < -0.39 is 16.0 Å². The monoisotopic (exact) mass is 578 g/mol. The quantitative estimate of drug-likeness (QED) is 0.202. The molecule has 0 saturated heterocycles. The molecule has 0 unspecified atom stereocenters. The fourth-order valence-electron chi connectivity index (χ4n) is 4.33.